The molecule has 1 amide bonds. The maximum absolute atomic E-state index is 12.6. The summed E-state index contributed by atoms with van der Waals surface area (Å²) in [6.45, 7) is 6.59. The normalized spacial score (nSPS) is 14.6. The van der Waals surface area contributed by atoms with E-state index in [1.54, 1.807) is 4.68 Å². The van der Waals surface area contributed by atoms with Gasteiger partial charge in [-0.1, -0.05) is 49.2 Å². The number of amides is 1. The van der Waals surface area contributed by atoms with E-state index in [1.165, 1.54) is 18.4 Å². The molecule has 1 fully saturated rings. The lowest BCUT2D eigenvalue weighted by Crippen LogP contribution is -2.32. The second kappa shape index (κ2) is 9.75. The van der Waals surface area contributed by atoms with Gasteiger partial charge in [0.15, 0.2) is 0 Å². The van der Waals surface area contributed by atoms with E-state index in [4.69, 9.17) is 4.52 Å². The third kappa shape index (κ3) is 4.71. The topological polar surface area (TPSA) is 89.9 Å². The minimum atomic E-state index is 0.197. The van der Waals surface area contributed by atoms with Crippen molar-refractivity contribution in [3.05, 3.63) is 48.0 Å². The van der Waals surface area contributed by atoms with Crippen LogP contribution in [-0.4, -0.2) is 49.0 Å². The quantitative estimate of drug-likeness (QED) is 0.401. The average Bonchev–Trinajstić information content (AvgIpc) is 3.41. The molecule has 4 aromatic rings. The van der Waals surface area contributed by atoms with Crippen LogP contribution >= 0.6 is 0 Å². The summed E-state index contributed by atoms with van der Waals surface area (Å²) >= 11 is 0. The van der Waals surface area contributed by atoms with E-state index in [9.17, 15) is 4.79 Å². The molecule has 0 atom stereocenters. The summed E-state index contributed by atoms with van der Waals surface area (Å²) in [6, 6.07) is 14.0. The van der Waals surface area contributed by atoms with Gasteiger partial charge in [-0.3, -0.25) is 4.79 Å². The Morgan fingerprint density at radius 1 is 1.00 bits per heavy atom. The molecule has 8 nitrogen and oxygen atoms in total. The van der Waals surface area contributed by atoms with Gasteiger partial charge in [0.05, 0.1) is 12.1 Å². The molecule has 1 aliphatic rings. The van der Waals surface area contributed by atoms with Crippen LogP contribution in [0.1, 0.15) is 57.4 Å². The monoisotopic (exact) mass is 458 g/mol. The molecule has 0 bridgehead atoms. The van der Waals surface area contributed by atoms with Crippen molar-refractivity contribution in [1.29, 1.82) is 0 Å². The van der Waals surface area contributed by atoms with Crippen LogP contribution in [0.5, 0.6) is 0 Å². The van der Waals surface area contributed by atoms with Crippen LogP contribution in [0.25, 0.3) is 33.9 Å². The third-order valence-electron chi connectivity index (χ3n) is 6.52. The lowest BCUT2D eigenvalue weighted by molar-refractivity contribution is -0.131. The molecule has 8 heteroatoms. The molecule has 0 saturated carbocycles. The molecule has 1 saturated heterocycles. The summed E-state index contributed by atoms with van der Waals surface area (Å²) in [7, 11) is 0. The maximum Gasteiger partial charge on any atom is 0.258 e. The second-order valence-corrected chi connectivity index (χ2v) is 9.26. The number of likely N-dealkylation sites (tertiary alicyclic amines) is 1. The summed E-state index contributed by atoms with van der Waals surface area (Å²) < 4.78 is 7.31. The lowest BCUT2D eigenvalue weighted by atomic mass is 10.0. The van der Waals surface area contributed by atoms with Crippen LogP contribution in [0.4, 0.5) is 0 Å². The fourth-order valence-corrected chi connectivity index (χ4v) is 4.42. The highest BCUT2D eigenvalue weighted by molar-refractivity contribution is 5.80. The zero-order valence-corrected chi connectivity index (χ0v) is 19.8. The number of aromatic nitrogens is 5. The molecule has 0 N–H and O–H groups in total. The van der Waals surface area contributed by atoms with Gasteiger partial charge in [0.2, 0.25) is 11.7 Å². The first kappa shape index (κ1) is 22.3. The number of aryl methyl sites for hydroxylation is 1. The van der Waals surface area contributed by atoms with E-state index < -0.39 is 0 Å². The van der Waals surface area contributed by atoms with E-state index >= 15 is 0 Å². The van der Waals surface area contributed by atoms with E-state index in [1.807, 2.05) is 35.2 Å². The zero-order valence-electron chi connectivity index (χ0n) is 19.8. The predicted molar refractivity (Wildman–Crippen MR) is 130 cm³/mol. The summed E-state index contributed by atoms with van der Waals surface area (Å²) in [5, 5.41) is 12.7. The van der Waals surface area contributed by atoms with Crippen LogP contribution in [0.15, 0.2) is 47.0 Å². The first-order valence-corrected chi connectivity index (χ1v) is 12.1. The van der Waals surface area contributed by atoms with Gasteiger partial charge in [-0.15, -0.1) is 5.10 Å². The Bertz CT molecular complexity index is 1270. The number of nitrogens with zero attached hydrogens (tertiary/aromatic N) is 6. The van der Waals surface area contributed by atoms with E-state index in [0.717, 1.165) is 48.1 Å². The highest BCUT2D eigenvalue weighted by Gasteiger charge is 2.17. The second-order valence-electron chi connectivity index (χ2n) is 9.26. The van der Waals surface area contributed by atoms with E-state index in [0.29, 0.717) is 30.6 Å². The number of carbonyl (C=O) groups excluding carboxylic acids is 1. The molecule has 0 spiro atoms. The molecule has 3 heterocycles. The minimum Gasteiger partial charge on any atom is -0.343 e. The predicted octanol–water partition coefficient (Wildman–Crippen LogP) is 5.06. The molecule has 0 radical (unpaired) electrons. The van der Waals surface area contributed by atoms with E-state index in [2.05, 4.69) is 46.4 Å². The van der Waals surface area contributed by atoms with Crippen molar-refractivity contribution in [2.24, 2.45) is 0 Å². The minimum absolute atomic E-state index is 0.197. The zero-order chi connectivity index (χ0) is 23.5. The first-order valence-electron chi connectivity index (χ1n) is 12.1. The molecule has 0 aliphatic carbocycles. The third-order valence-corrected chi connectivity index (χ3v) is 6.52. The average molecular weight is 459 g/mol. The molecule has 1 aliphatic heterocycles. The van der Waals surface area contributed by atoms with Crippen LogP contribution < -0.4 is 0 Å². The fraction of sp³-hybridized carbons (Fsp3) is 0.423. The number of rotatable bonds is 6. The van der Waals surface area contributed by atoms with Crippen LogP contribution in [-0.2, 0) is 11.3 Å². The van der Waals surface area contributed by atoms with Gasteiger partial charge in [0.1, 0.15) is 5.52 Å². The van der Waals surface area contributed by atoms with Gasteiger partial charge in [-0.25, -0.2) is 4.68 Å². The van der Waals surface area contributed by atoms with Crippen molar-refractivity contribution in [3.8, 4) is 22.8 Å². The summed E-state index contributed by atoms with van der Waals surface area (Å²) in [5.41, 5.74) is 4.61. The number of hydrogen-bond donors (Lipinski definition) is 0. The Hall–Kier alpha value is -3.55. The first-order chi connectivity index (χ1) is 16.6. The van der Waals surface area contributed by atoms with Crippen molar-refractivity contribution >= 4 is 16.9 Å². The lowest BCUT2D eigenvalue weighted by Gasteiger charge is -2.20. The molecule has 2 aromatic carbocycles. The Labute approximate surface area is 199 Å². The highest BCUT2D eigenvalue weighted by atomic mass is 16.5. The van der Waals surface area contributed by atoms with Gasteiger partial charge >= 0.3 is 0 Å². The molecular formula is C26H30N6O2. The van der Waals surface area contributed by atoms with Crippen molar-refractivity contribution < 1.29 is 9.32 Å². The maximum atomic E-state index is 12.6. The molecule has 176 valence electrons. The molecular weight excluding hydrogens is 428 g/mol. The Morgan fingerprint density at radius 3 is 2.47 bits per heavy atom. The van der Waals surface area contributed by atoms with Crippen molar-refractivity contribution in [2.75, 3.05) is 13.1 Å². The van der Waals surface area contributed by atoms with Gasteiger partial charge in [-0.2, -0.15) is 4.98 Å². The van der Waals surface area contributed by atoms with Crippen molar-refractivity contribution in [3.63, 3.8) is 0 Å². The summed E-state index contributed by atoms with van der Waals surface area (Å²) in [5.74, 6) is 1.67. The van der Waals surface area contributed by atoms with Crippen molar-refractivity contribution in [2.45, 2.75) is 58.4 Å². The van der Waals surface area contributed by atoms with Gasteiger partial charge in [0.25, 0.3) is 5.89 Å². The number of benzene rings is 2. The van der Waals surface area contributed by atoms with Crippen molar-refractivity contribution in [1.82, 2.24) is 30.0 Å². The van der Waals surface area contributed by atoms with Crippen LogP contribution in [0, 0.1) is 0 Å². The number of fused-ring (bicyclic) bond motifs is 1. The van der Waals surface area contributed by atoms with Gasteiger partial charge in [0, 0.05) is 30.6 Å². The Morgan fingerprint density at radius 2 is 1.74 bits per heavy atom. The standard InChI is InChI=1S/C26H30N6O2/c1-18(2)19-7-9-20(10-8-19)26-27-25(29-34-26)21-11-12-23-22(17-21)28-30-32(23)16-13-24(33)31-14-5-3-4-6-15-31/h7-12,17-18H,3-6,13-16H2,1-2H3. The number of hydrogen-bond acceptors (Lipinski definition) is 6. The Balaban J connectivity index is 1.28. The molecule has 5 rings (SSSR count). The Kier molecular flexibility index (Phi) is 6.38. The highest BCUT2D eigenvalue weighted by Crippen LogP contribution is 2.26. The fourth-order valence-electron chi connectivity index (χ4n) is 4.42. The number of carbonyl (C=O) groups is 1. The summed E-state index contributed by atoms with van der Waals surface area (Å²) in [6.07, 6.45) is 5.06. The SMILES string of the molecule is CC(C)c1ccc(-c2nc(-c3ccc4c(c3)nnn4CCC(=O)N3CCCCCC3)no2)cc1. The summed E-state index contributed by atoms with van der Waals surface area (Å²) in [4.78, 5) is 19.2. The van der Waals surface area contributed by atoms with Gasteiger partial charge < -0.3 is 9.42 Å². The van der Waals surface area contributed by atoms with E-state index in [-0.39, 0.29) is 5.91 Å². The smallest absolute Gasteiger partial charge is 0.258 e. The van der Waals surface area contributed by atoms with Crippen LogP contribution in [0.3, 0.4) is 0 Å². The van der Waals surface area contributed by atoms with Gasteiger partial charge in [-0.05, 0) is 54.7 Å². The molecule has 2 aromatic heterocycles. The van der Waals surface area contributed by atoms with Crippen LogP contribution in [0.2, 0.25) is 0 Å². The molecule has 34 heavy (non-hydrogen) atoms. The largest absolute Gasteiger partial charge is 0.343 e. The molecule has 0 unspecified atom stereocenters.